The van der Waals surface area contributed by atoms with Crippen LogP contribution < -0.4 is 5.48 Å². The summed E-state index contributed by atoms with van der Waals surface area (Å²) in [5, 5.41) is 32.0. The fourth-order valence-electron chi connectivity index (χ4n) is 4.12. The maximum Gasteiger partial charge on any atom is 0.418 e. The number of aromatic nitrogens is 8. The number of fused-ring (bicyclic) bond motifs is 6. The number of carboxylic acid groups (broad SMARTS) is 1. The summed E-state index contributed by atoms with van der Waals surface area (Å²) in [6.07, 6.45) is -4.59. The van der Waals surface area contributed by atoms with E-state index in [9.17, 15) is 22.8 Å². The van der Waals surface area contributed by atoms with Gasteiger partial charge < -0.3 is 5.11 Å². The molecule has 0 spiro atoms. The molecule has 0 saturated carbocycles. The third-order valence-electron chi connectivity index (χ3n) is 5.89. The van der Waals surface area contributed by atoms with Crippen LogP contribution in [-0.2, 0) is 11.0 Å². The third kappa shape index (κ3) is 5.36. The number of aromatic carboxylic acids is 1. The van der Waals surface area contributed by atoms with Crippen LogP contribution in [0, 0.1) is 5.92 Å². The number of pyridine rings is 2. The van der Waals surface area contributed by atoms with Gasteiger partial charge >= 0.3 is 12.1 Å². The van der Waals surface area contributed by atoms with Crippen molar-refractivity contribution in [1.29, 1.82) is 0 Å². The van der Waals surface area contributed by atoms with E-state index in [0.717, 1.165) is 22.0 Å². The van der Waals surface area contributed by atoms with Crippen LogP contribution in [0.1, 0.15) is 40.1 Å². The van der Waals surface area contributed by atoms with Crippen LogP contribution >= 0.6 is 11.6 Å². The van der Waals surface area contributed by atoms with Gasteiger partial charge in [0, 0.05) is 10.8 Å². The van der Waals surface area contributed by atoms with E-state index in [2.05, 4.69) is 36.5 Å². The number of nitrogens with one attached hydrogen (secondary N) is 1. The minimum Gasteiger partial charge on any atom is -0.478 e. The smallest absolute Gasteiger partial charge is 0.418 e. The van der Waals surface area contributed by atoms with Gasteiger partial charge in [0.05, 0.1) is 33.8 Å². The molecule has 6 rings (SSSR count). The van der Waals surface area contributed by atoms with Gasteiger partial charge in [-0.1, -0.05) is 49.7 Å². The molecule has 216 valence electrons. The molecule has 4 aromatic heterocycles. The molecule has 17 heteroatoms. The summed E-state index contributed by atoms with van der Waals surface area (Å²) in [5.41, 5.74) is 2.02. The predicted octanol–water partition coefficient (Wildman–Crippen LogP) is 4.24. The highest BCUT2D eigenvalue weighted by Crippen LogP contribution is 2.35. The minimum absolute atomic E-state index is 0.0945. The van der Waals surface area contributed by atoms with E-state index in [4.69, 9.17) is 21.5 Å². The van der Waals surface area contributed by atoms with E-state index in [1.54, 1.807) is 18.2 Å². The first-order valence-corrected chi connectivity index (χ1v) is 12.5. The lowest BCUT2D eigenvalue weighted by atomic mass is 10.1. The van der Waals surface area contributed by atoms with Gasteiger partial charge in [0.2, 0.25) is 0 Å². The van der Waals surface area contributed by atoms with Crippen molar-refractivity contribution < 1.29 is 32.7 Å². The van der Waals surface area contributed by atoms with Crippen LogP contribution in [0.3, 0.4) is 0 Å². The molecule has 0 aliphatic heterocycles. The molecule has 0 unspecified atom stereocenters. The largest absolute Gasteiger partial charge is 0.478 e. The maximum atomic E-state index is 13.0. The van der Waals surface area contributed by atoms with Crippen molar-refractivity contribution >= 4 is 56.6 Å². The number of carbonyl (C=O) groups excluding carboxylic acids is 1. The number of alkyl halides is 3. The highest BCUT2D eigenvalue weighted by molar-refractivity contribution is 6.35. The predicted molar refractivity (Wildman–Crippen MR) is 142 cm³/mol. The lowest BCUT2D eigenvalue weighted by molar-refractivity contribution is -0.136. The van der Waals surface area contributed by atoms with Gasteiger partial charge in [0.1, 0.15) is 5.56 Å². The molecule has 0 fully saturated rings. The lowest BCUT2D eigenvalue weighted by Crippen LogP contribution is -2.26. The van der Waals surface area contributed by atoms with Crippen molar-refractivity contribution in [3.63, 3.8) is 0 Å². The van der Waals surface area contributed by atoms with E-state index >= 15 is 0 Å². The van der Waals surface area contributed by atoms with Crippen LogP contribution in [-0.4, -0.2) is 63.7 Å². The number of carboxylic acids is 1. The summed E-state index contributed by atoms with van der Waals surface area (Å²) in [6, 6.07) is 11.7. The van der Waals surface area contributed by atoms with Gasteiger partial charge in [-0.05, 0) is 51.0 Å². The molecule has 0 atom stereocenters. The summed E-state index contributed by atoms with van der Waals surface area (Å²) >= 11 is 6.20. The van der Waals surface area contributed by atoms with Crippen LogP contribution in [0.2, 0.25) is 5.02 Å². The number of hydrogen-bond donors (Lipinski definition) is 2. The Labute approximate surface area is 237 Å². The SMILES string of the molecule is CC(C)CONC(=O)c1cc2cccc(Cl)c2n2nnnc12.O=C(O)c1cc2cccc(C(F)(F)F)c2n2nnnc12. The number of hydrogen-bond acceptors (Lipinski definition) is 9. The Bertz CT molecular complexity index is 1970. The monoisotopic (exact) mass is 601 g/mol. The Balaban J connectivity index is 0.000000169. The molecule has 0 bridgehead atoms. The third-order valence-corrected chi connectivity index (χ3v) is 6.20. The average molecular weight is 602 g/mol. The molecular formula is C25H19ClF3N9O4. The minimum atomic E-state index is -4.59. The zero-order chi connectivity index (χ0) is 30.2. The second kappa shape index (κ2) is 11.1. The summed E-state index contributed by atoms with van der Waals surface area (Å²) in [5.74, 6) is -1.41. The number of rotatable bonds is 5. The van der Waals surface area contributed by atoms with Gasteiger partial charge in [-0.25, -0.2) is 10.3 Å². The molecule has 2 N–H and O–H groups in total. The fraction of sp³-hybridized carbons (Fsp3) is 0.200. The molecule has 13 nitrogen and oxygen atoms in total. The normalized spacial score (nSPS) is 11.8. The van der Waals surface area contributed by atoms with E-state index < -0.39 is 23.6 Å². The molecule has 0 aliphatic carbocycles. The topological polar surface area (TPSA) is 162 Å². The van der Waals surface area contributed by atoms with E-state index in [1.165, 1.54) is 16.6 Å². The molecule has 0 radical (unpaired) electrons. The van der Waals surface area contributed by atoms with Crippen LogP contribution in [0.4, 0.5) is 13.2 Å². The van der Waals surface area contributed by atoms with Crippen molar-refractivity contribution in [1.82, 2.24) is 45.6 Å². The number of nitrogens with zero attached hydrogens (tertiary/aromatic N) is 8. The first-order valence-electron chi connectivity index (χ1n) is 12.1. The zero-order valence-corrected chi connectivity index (χ0v) is 22.4. The molecule has 0 saturated heterocycles. The number of carbonyl (C=O) groups is 2. The molecular weight excluding hydrogens is 583 g/mol. The number of amides is 1. The molecule has 2 aromatic carbocycles. The molecule has 42 heavy (non-hydrogen) atoms. The Morgan fingerprint density at radius 2 is 1.52 bits per heavy atom. The standard InChI is InChI=1S/C14H14ClN5O2.C11H5F3N4O2/c1-8(2)7-22-17-14(21)10-6-9-4-3-5-11(15)12(9)20-13(10)16-18-19-20;12-11(13,14)7-3-1-2-5-4-6(10(19)20)9-15-16-17-18(9)8(5)7/h3-6,8H,7H2,1-2H3,(H,17,21);1-4H,(H,19,20). The van der Waals surface area contributed by atoms with Crippen molar-refractivity contribution in [3.05, 3.63) is 70.2 Å². The molecule has 1 amide bonds. The average Bonchev–Trinajstić information content (AvgIpc) is 3.62. The van der Waals surface area contributed by atoms with Crippen molar-refractivity contribution in [3.8, 4) is 0 Å². The Hall–Kier alpha value is -4.96. The van der Waals surface area contributed by atoms with Crippen molar-refractivity contribution in [2.45, 2.75) is 20.0 Å². The zero-order valence-electron chi connectivity index (χ0n) is 21.7. The number of halogens is 4. The first kappa shape index (κ1) is 28.6. The quantitative estimate of drug-likeness (QED) is 0.273. The van der Waals surface area contributed by atoms with Crippen LogP contribution in [0.5, 0.6) is 0 Å². The van der Waals surface area contributed by atoms with Crippen LogP contribution in [0.25, 0.3) is 33.1 Å². The molecule has 0 aliphatic rings. The maximum absolute atomic E-state index is 13.0. The van der Waals surface area contributed by atoms with Gasteiger partial charge in [0.15, 0.2) is 11.3 Å². The second-order valence-corrected chi connectivity index (χ2v) is 9.71. The Morgan fingerprint density at radius 1 is 0.952 bits per heavy atom. The number of tetrazole rings is 2. The summed E-state index contributed by atoms with van der Waals surface area (Å²) in [7, 11) is 0. The highest BCUT2D eigenvalue weighted by Gasteiger charge is 2.34. The fourth-order valence-corrected chi connectivity index (χ4v) is 4.38. The molecule has 6 aromatic rings. The first-order chi connectivity index (χ1) is 20.0. The van der Waals surface area contributed by atoms with Crippen molar-refractivity contribution in [2.24, 2.45) is 5.92 Å². The van der Waals surface area contributed by atoms with Gasteiger partial charge in [-0.3, -0.25) is 9.63 Å². The van der Waals surface area contributed by atoms with Gasteiger partial charge in [0.25, 0.3) is 5.91 Å². The van der Waals surface area contributed by atoms with Gasteiger partial charge in [-0.15, -0.1) is 10.2 Å². The highest BCUT2D eigenvalue weighted by atomic mass is 35.5. The van der Waals surface area contributed by atoms with Gasteiger partial charge in [-0.2, -0.15) is 22.2 Å². The number of benzene rings is 2. The van der Waals surface area contributed by atoms with E-state index in [0.29, 0.717) is 34.3 Å². The second-order valence-electron chi connectivity index (χ2n) is 9.30. The Kier molecular flexibility index (Phi) is 7.57. The summed E-state index contributed by atoms with van der Waals surface area (Å²) in [4.78, 5) is 28.6. The van der Waals surface area contributed by atoms with E-state index in [-0.39, 0.29) is 22.1 Å². The summed E-state index contributed by atoms with van der Waals surface area (Å²) < 4.78 is 41.3. The number of hydroxylamine groups is 1. The van der Waals surface area contributed by atoms with E-state index in [1.807, 2.05) is 19.9 Å². The lowest BCUT2D eigenvalue weighted by Gasteiger charge is -2.11. The van der Waals surface area contributed by atoms with Crippen LogP contribution in [0.15, 0.2) is 48.5 Å². The van der Waals surface area contributed by atoms with Crippen molar-refractivity contribution in [2.75, 3.05) is 6.61 Å². The molecule has 4 heterocycles. The summed E-state index contributed by atoms with van der Waals surface area (Å²) in [6.45, 7) is 4.40. The Morgan fingerprint density at radius 3 is 2.14 bits per heavy atom. The number of para-hydroxylation sites is 2.